The number of nitrogens with one attached hydrogen (secondary N) is 1. The van der Waals surface area contributed by atoms with Gasteiger partial charge in [-0.1, -0.05) is 24.3 Å². The third kappa shape index (κ3) is 4.56. The molecule has 0 aliphatic carbocycles. The Morgan fingerprint density at radius 3 is 2.50 bits per heavy atom. The number of hydrogen-bond acceptors (Lipinski definition) is 6. The fourth-order valence-corrected chi connectivity index (χ4v) is 3.35. The second-order valence-electron chi connectivity index (χ2n) is 6.98. The number of morpholine rings is 1. The molecule has 0 spiro atoms. The lowest BCUT2D eigenvalue weighted by Gasteiger charge is -2.26. The van der Waals surface area contributed by atoms with Gasteiger partial charge < -0.3 is 14.5 Å². The van der Waals surface area contributed by atoms with Gasteiger partial charge in [0, 0.05) is 31.4 Å². The van der Waals surface area contributed by atoms with E-state index in [1.807, 2.05) is 24.3 Å². The highest BCUT2D eigenvalue weighted by Gasteiger charge is 2.19. The Balaban J connectivity index is 1.42. The number of hydrogen-bond donors (Lipinski definition) is 1. The second-order valence-corrected chi connectivity index (χ2v) is 6.98. The van der Waals surface area contributed by atoms with E-state index in [0.717, 1.165) is 38.4 Å². The summed E-state index contributed by atoms with van der Waals surface area (Å²) >= 11 is 0. The number of para-hydroxylation sites is 1. The van der Waals surface area contributed by atoms with Crippen molar-refractivity contribution in [2.75, 3.05) is 31.6 Å². The number of amides is 1. The zero-order valence-electron chi connectivity index (χ0n) is 16.2. The number of nitro groups is 1. The molecule has 1 aliphatic rings. The van der Waals surface area contributed by atoms with Crippen molar-refractivity contribution < 1.29 is 18.9 Å². The number of nitrogens with zero attached hydrogens (tertiary/aromatic N) is 2. The number of anilines is 1. The molecule has 0 bridgehead atoms. The average molecular weight is 407 g/mol. The van der Waals surface area contributed by atoms with Crippen molar-refractivity contribution in [2.24, 2.45) is 0 Å². The molecule has 0 atom stereocenters. The van der Waals surface area contributed by atoms with Gasteiger partial charge in [-0.05, 0) is 35.9 Å². The summed E-state index contributed by atoms with van der Waals surface area (Å²) < 4.78 is 10.9. The highest BCUT2D eigenvalue weighted by atomic mass is 16.6. The molecular weight excluding hydrogens is 386 g/mol. The lowest BCUT2D eigenvalue weighted by atomic mass is 10.1. The monoisotopic (exact) mass is 407 g/mol. The van der Waals surface area contributed by atoms with Gasteiger partial charge in [-0.2, -0.15) is 0 Å². The molecule has 0 unspecified atom stereocenters. The first-order chi connectivity index (χ1) is 14.6. The molecule has 2 aromatic carbocycles. The van der Waals surface area contributed by atoms with Crippen LogP contribution in [0.15, 0.2) is 65.1 Å². The first kappa shape index (κ1) is 19.8. The van der Waals surface area contributed by atoms with E-state index >= 15 is 0 Å². The summed E-state index contributed by atoms with van der Waals surface area (Å²) in [5.74, 6) is -0.0605. The van der Waals surface area contributed by atoms with Gasteiger partial charge in [0.15, 0.2) is 5.76 Å². The van der Waals surface area contributed by atoms with Gasteiger partial charge >= 0.3 is 0 Å². The van der Waals surface area contributed by atoms with Crippen LogP contribution in [-0.4, -0.2) is 42.0 Å². The van der Waals surface area contributed by atoms with Crippen LogP contribution < -0.4 is 5.32 Å². The Morgan fingerprint density at radius 1 is 1.03 bits per heavy atom. The Morgan fingerprint density at radius 2 is 1.77 bits per heavy atom. The SMILES string of the molecule is O=C(Nc1ccc(CN2CCOCC2)cc1)c1ccc(-c2ccccc2[N+](=O)[O-])o1. The zero-order chi connectivity index (χ0) is 20.9. The number of furan rings is 1. The van der Waals surface area contributed by atoms with Crippen LogP contribution >= 0.6 is 0 Å². The molecule has 0 saturated carbocycles. The van der Waals surface area contributed by atoms with Gasteiger partial charge in [-0.25, -0.2) is 0 Å². The van der Waals surface area contributed by atoms with Crippen molar-refractivity contribution in [3.63, 3.8) is 0 Å². The zero-order valence-corrected chi connectivity index (χ0v) is 16.2. The molecule has 1 fully saturated rings. The molecule has 30 heavy (non-hydrogen) atoms. The second kappa shape index (κ2) is 8.89. The van der Waals surface area contributed by atoms with E-state index in [1.54, 1.807) is 24.3 Å². The van der Waals surface area contributed by atoms with Crippen molar-refractivity contribution in [1.29, 1.82) is 0 Å². The predicted octanol–water partition coefficient (Wildman–Crippen LogP) is 3.94. The summed E-state index contributed by atoms with van der Waals surface area (Å²) in [5.41, 5.74) is 2.06. The van der Waals surface area contributed by atoms with Crippen LogP contribution in [0.3, 0.4) is 0 Å². The van der Waals surface area contributed by atoms with Gasteiger partial charge in [0.25, 0.3) is 11.6 Å². The Labute approximate surface area is 173 Å². The molecule has 1 saturated heterocycles. The van der Waals surface area contributed by atoms with Crippen molar-refractivity contribution in [2.45, 2.75) is 6.54 Å². The molecular formula is C22H21N3O5. The van der Waals surface area contributed by atoms with Crippen LogP contribution in [0.25, 0.3) is 11.3 Å². The molecule has 1 N–H and O–H groups in total. The highest BCUT2D eigenvalue weighted by Crippen LogP contribution is 2.31. The number of nitro benzene ring substituents is 1. The molecule has 8 heteroatoms. The lowest BCUT2D eigenvalue weighted by molar-refractivity contribution is -0.384. The summed E-state index contributed by atoms with van der Waals surface area (Å²) in [5, 5.41) is 14.0. The van der Waals surface area contributed by atoms with E-state index in [1.165, 1.54) is 12.1 Å². The van der Waals surface area contributed by atoms with Crippen LogP contribution in [0.2, 0.25) is 0 Å². The summed E-state index contributed by atoms with van der Waals surface area (Å²) in [6.07, 6.45) is 0. The Kier molecular flexibility index (Phi) is 5.87. The van der Waals surface area contributed by atoms with E-state index in [9.17, 15) is 14.9 Å². The minimum atomic E-state index is -0.476. The molecule has 0 radical (unpaired) electrons. The van der Waals surface area contributed by atoms with E-state index < -0.39 is 10.8 Å². The molecule has 8 nitrogen and oxygen atoms in total. The largest absolute Gasteiger partial charge is 0.451 e. The number of benzene rings is 2. The Bertz CT molecular complexity index is 1040. The molecule has 4 rings (SSSR count). The predicted molar refractivity (Wildman–Crippen MR) is 111 cm³/mol. The van der Waals surface area contributed by atoms with Crippen LogP contribution in [0.1, 0.15) is 16.1 Å². The fraction of sp³-hybridized carbons (Fsp3) is 0.227. The van der Waals surface area contributed by atoms with Gasteiger partial charge in [0.2, 0.25) is 0 Å². The minimum absolute atomic E-state index is 0.0744. The molecule has 3 aromatic rings. The van der Waals surface area contributed by atoms with E-state index in [-0.39, 0.29) is 17.2 Å². The summed E-state index contributed by atoms with van der Waals surface area (Å²) in [6.45, 7) is 4.18. The van der Waals surface area contributed by atoms with Gasteiger partial charge in [0.1, 0.15) is 5.76 Å². The van der Waals surface area contributed by atoms with Crippen LogP contribution in [0.4, 0.5) is 11.4 Å². The third-order valence-electron chi connectivity index (χ3n) is 4.92. The van der Waals surface area contributed by atoms with Crippen molar-refractivity contribution in [3.8, 4) is 11.3 Å². The number of carbonyl (C=O) groups excluding carboxylic acids is 1. The quantitative estimate of drug-likeness (QED) is 0.491. The minimum Gasteiger partial charge on any atom is -0.451 e. The average Bonchev–Trinajstić information content (AvgIpc) is 3.26. The van der Waals surface area contributed by atoms with Gasteiger partial charge in [-0.15, -0.1) is 0 Å². The van der Waals surface area contributed by atoms with Crippen LogP contribution in [0, 0.1) is 10.1 Å². The summed E-state index contributed by atoms with van der Waals surface area (Å²) in [7, 11) is 0. The van der Waals surface area contributed by atoms with Crippen LogP contribution in [0.5, 0.6) is 0 Å². The van der Waals surface area contributed by atoms with Gasteiger partial charge in [-0.3, -0.25) is 19.8 Å². The first-order valence-corrected chi connectivity index (χ1v) is 9.64. The van der Waals surface area contributed by atoms with Crippen LogP contribution in [-0.2, 0) is 11.3 Å². The normalized spacial score (nSPS) is 14.4. The standard InChI is InChI=1S/C22H21N3O5/c26-22(21-10-9-20(30-21)18-3-1-2-4-19(18)25(27)28)23-17-7-5-16(6-8-17)15-24-11-13-29-14-12-24/h1-10H,11-15H2,(H,23,26). The molecule has 2 heterocycles. The maximum absolute atomic E-state index is 12.5. The maximum atomic E-state index is 12.5. The smallest absolute Gasteiger partial charge is 0.291 e. The first-order valence-electron chi connectivity index (χ1n) is 9.64. The lowest BCUT2D eigenvalue weighted by Crippen LogP contribution is -2.35. The van der Waals surface area contributed by atoms with Crippen molar-refractivity contribution in [1.82, 2.24) is 4.90 Å². The molecule has 1 aliphatic heterocycles. The van der Waals surface area contributed by atoms with E-state index in [4.69, 9.17) is 9.15 Å². The number of ether oxygens (including phenoxy) is 1. The molecule has 1 amide bonds. The molecule has 1 aromatic heterocycles. The topological polar surface area (TPSA) is 97.9 Å². The Hall–Kier alpha value is -3.49. The maximum Gasteiger partial charge on any atom is 0.291 e. The molecule has 154 valence electrons. The number of carbonyl (C=O) groups is 1. The van der Waals surface area contributed by atoms with Crippen molar-refractivity contribution >= 4 is 17.3 Å². The van der Waals surface area contributed by atoms with E-state index in [2.05, 4.69) is 10.2 Å². The van der Waals surface area contributed by atoms with E-state index in [0.29, 0.717) is 11.3 Å². The number of rotatable bonds is 6. The summed E-state index contributed by atoms with van der Waals surface area (Å²) in [4.78, 5) is 25.6. The van der Waals surface area contributed by atoms with Gasteiger partial charge in [0.05, 0.1) is 23.7 Å². The summed E-state index contributed by atoms with van der Waals surface area (Å²) in [6, 6.07) is 17.0. The highest BCUT2D eigenvalue weighted by molar-refractivity contribution is 6.02. The third-order valence-corrected chi connectivity index (χ3v) is 4.92. The fourth-order valence-electron chi connectivity index (χ4n) is 3.35. The van der Waals surface area contributed by atoms with Crippen molar-refractivity contribution in [3.05, 3.63) is 82.1 Å².